The first-order chi connectivity index (χ1) is 12.7. The summed E-state index contributed by atoms with van der Waals surface area (Å²) in [6, 6.07) is 6.66. The van der Waals surface area contributed by atoms with Crippen LogP contribution in [0, 0.1) is 23.7 Å². The van der Waals surface area contributed by atoms with Gasteiger partial charge in [-0.15, -0.1) is 0 Å². The average molecular weight is 370 g/mol. The molecule has 3 N–H and O–H groups in total. The molecule has 1 fully saturated rings. The van der Waals surface area contributed by atoms with E-state index in [1.54, 1.807) is 24.3 Å². The molecule has 3 rings (SSSR count). The average Bonchev–Trinajstić information content (AvgIpc) is 3.23. The van der Waals surface area contributed by atoms with E-state index in [4.69, 9.17) is 0 Å². The number of benzene rings is 1. The van der Waals surface area contributed by atoms with Gasteiger partial charge in [0.15, 0.2) is 0 Å². The molecule has 144 valence electrons. The van der Waals surface area contributed by atoms with E-state index in [1.807, 2.05) is 32.9 Å². The van der Waals surface area contributed by atoms with E-state index in [2.05, 4.69) is 10.6 Å². The van der Waals surface area contributed by atoms with E-state index in [0.717, 1.165) is 12.8 Å². The van der Waals surface area contributed by atoms with Gasteiger partial charge in [-0.05, 0) is 62.8 Å². The van der Waals surface area contributed by atoms with Crippen LogP contribution in [0.3, 0.4) is 0 Å². The Morgan fingerprint density at radius 1 is 1.07 bits per heavy atom. The highest BCUT2D eigenvalue weighted by atomic mass is 16.4. The van der Waals surface area contributed by atoms with Crippen molar-refractivity contribution in [2.75, 3.05) is 5.32 Å². The lowest BCUT2D eigenvalue weighted by Crippen LogP contribution is -2.42. The molecule has 1 saturated carbocycles. The first-order valence-electron chi connectivity index (χ1n) is 9.36. The van der Waals surface area contributed by atoms with Crippen molar-refractivity contribution in [3.05, 3.63) is 42.0 Å². The third-order valence-corrected chi connectivity index (χ3v) is 5.80. The van der Waals surface area contributed by atoms with Crippen LogP contribution in [0.2, 0.25) is 0 Å². The van der Waals surface area contributed by atoms with Crippen molar-refractivity contribution >= 4 is 23.5 Å². The van der Waals surface area contributed by atoms with E-state index in [-0.39, 0.29) is 29.2 Å². The van der Waals surface area contributed by atoms with E-state index in [9.17, 15) is 19.5 Å². The van der Waals surface area contributed by atoms with E-state index in [1.165, 1.54) is 0 Å². The van der Waals surface area contributed by atoms with Crippen LogP contribution in [0.4, 0.5) is 5.69 Å². The summed E-state index contributed by atoms with van der Waals surface area (Å²) in [7, 11) is 0. The van der Waals surface area contributed by atoms with Crippen LogP contribution >= 0.6 is 0 Å². The molecule has 0 heterocycles. The minimum absolute atomic E-state index is 0.0163. The number of anilines is 1. The molecule has 1 aromatic rings. The monoisotopic (exact) mass is 370 g/mol. The second-order valence-electron chi connectivity index (χ2n) is 8.10. The summed E-state index contributed by atoms with van der Waals surface area (Å²) >= 11 is 0. The molecule has 4 atom stereocenters. The second-order valence-corrected chi connectivity index (χ2v) is 8.10. The van der Waals surface area contributed by atoms with Gasteiger partial charge in [0.25, 0.3) is 5.91 Å². The predicted octanol–water partition coefficient (Wildman–Crippen LogP) is 3.07. The molecule has 0 aliphatic heterocycles. The molecule has 0 radical (unpaired) electrons. The van der Waals surface area contributed by atoms with Gasteiger partial charge in [-0.2, -0.15) is 0 Å². The summed E-state index contributed by atoms with van der Waals surface area (Å²) < 4.78 is 0. The summed E-state index contributed by atoms with van der Waals surface area (Å²) in [5.74, 6) is -2.65. The number of carbonyl (C=O) groups excluding carboxylic acids is 2. The minimum atomic E-state index is -0.919. The van der Waals surface area contributed by atoms with Crippen LogP contribution in [0.5, 0.6) is 0 Å². The molecule has 2 aliphatic carbocycles. The van der Waals surface area contributed by atoms with Crippen LogP contribution in [0.25, 0.3) is 0 Å². The Bertz CT molecular complexity index is 782. The number of fused-ring (bicyclic) bond motifs is 2. The zero-order valence-corrected chi connectivity index (χ0v) is 15.9. The molecule has 2 amide bonds. The van der Waals surface area contributed by atoms with Gasteiger partial charge < -0.3 is 15.7 Å². The van der Waals surface area contributed by atoms with Gasteiger partial charge in [-0.1, -0.05) is 19.1 Å². The third kappa shape index (κ3) is 3.89. The van der Waals surface area contributed by atoms with Crippen molar-refractivity contribution in [3.63, 3.8) is 0 Å². The highest BCUT2D eigenvalue weighted by Gasteiger charge is 2.51. The minimum Gasteiger partial charge on any atom is -0.481 e. The number of hydrogen-bond acceptors (Lipinski definition) is 3. The highest BCUT2D eigenvalue weighted by molar-refractivity contribution is 5.98. The first-order valence-corrected chi connectivity index (χ1v) is 9.36. The number of rotatable bonds is 6. The number of amides is 2. The SMILES string of the molecule is CCC(C)(C)NC(=O)c1ccc(NC(=O)[C@H]2[C@@H](C(=O)O)[C@H]3C=C[C@H]2C3)cc1. The number of aliphatic carboxylic acids is 1. The Balaban J connectivity index is 1.66. The fourth-order valence-electron chi connectivity index (χ4n) is 3.91. The van der Waals surface area contributed by atoms with Crippen molar-refractivity contribution < 1.29 is 19.5 Å². The van der Waals surface area contributed by atoms with Crippen LogP contribution in [0.15, 0.2) is 36.4 Å². The number of allylic oxidation sites excluding steroid dienone is 2. The Morgan fingerprint density at radius 2 is 1.67 bits per heavy atom. The molecule has 2 aliphatic rings. The van der Waals surface area contributed by atoms with Gasteiger partial charge in [0.1, 0.15) is 0 Å². The molecule has 6 heteroatoms. The number of carboxylic acids is 1. The van der Waals surface area contributed by atoms with Gasteiger partial charge in [0.05, 0.1) is 11.8 Å². The smallest absolute Gasteiger partial charge is 0.307 e. The Morgan fingerprint density at radius 3 is 2.22 bits per heavy atom. The van der Waals surface area contributed by atoms with Gasteiger partial charge in [-0.3, -0.25) is 14.4 Å². The van der Waals surface area contributed by atoms with Crippen LogP contribution < -0.4 is 10.6 Å². The normalized spacial score (nSPS) is 26.0. The van der Waals surface area contributed by atoms with Crippen molar-refractivity contribution in [1.29, 1.82) is 0 Å². The largest absolute Gasteiger partial charge is 0.481 e. The van der Waals surface area contributed by atoms with Crippen molar-refractivity contribution in [2.45, 2.75) is 39.2 Å². The first kappa shape index (κ1) is 19.1. The van der Waals surface area contributed by atoms with Gasteiger partial charge in [-0.25, -0.2) is 0 Å². The molecule has 0 spiro atoms. The lowest BCUT2D eigenvalue weighted by Gasteiger charge is -2.25. The van der Waals surface area contributed by atoms with Crippen molar-refractivity contribution in [3.8, 4) is 0 Å². The number of hydrogen-bond donors (Lipinski definition) is 3. The summed E-state index contributed by atoms with van der Waals surface area (Å²) in [6.45, 7) is 5.93. The molecule has 27 heavy (non-hydrogen) atoms. The number of nitrogens with one attached hydrogen (secondary N) is 2. The van der Waals surface area contributed by atoms with Crippen LogP contribution in [-0.2, 0) is 9.59 Å². The zero-order valence-electron chi connectivity index (χ0n) is 15.9. The maximum Gasteiger partial charge on any atom is 0.307 e. The molecule has 0 saturated heterocycles. The summed E-state index contributed by atoms with van der Waals surface area (Å²) in [5.41, 5.74) is 0.786. The predicted molar refractivity (Wildman–Crippen MR) is 102 cm³/mol. The van der Waals surface area contributed by atoms with Crippen LogP contribution in [0.1, 0.15) is 44.0 Å². The lowest BCUT2D eigenvalue weighted by atomic mass is 9.82. The fraction of sp³-hybridized carbons (Fsp3) is 0.476. The Kier molecular flexibility index (Phi) is 5.09. The van der Waals surface area contributed by atoms with Crippen molar-refractivity contribution in [1.82, 2.24) is 5.32 Å². The fourth-order valence-corrected chi connectivity index (χ4v) is 3.91. The van der Waals surface area contributed by atoms with E-state index >= 15 is 0 Å². The summed E-state index contributed by atoms with van der Waals surface area (Å²) in [5, 5.41) is 15.2. The maximum absolute atomic E-state index is 12.7. The topological polar surface area (TPSA) is 95.5 Å². The standard InChI is InChI=1S/C21H26N2O4/c1-4-21(2,3)23-18(24)12-7-9-15(10-8-12)22-19(25)16-13-5-6-14(11-13)17(16)20(26)27/h5-10,13-14,16-17H,4,11H2,1-3H3,(H,22,25)(H,23,24)(H,26,27)/t13-,14-,16+,17-/m0/s1. The van der Waals surface area contributed by atoms with Gasteiger partial charge >= 0.3 is 5.97 Å². The quantitative estimate of drug-likeness (QED) is 0.671. The Labute approximate surface area is 159 Å². The van der Waals surface area contributed by atoms with E-state index < -0.39 is 17.8 Å². The maximum atomic E-state index is 12.7. The summed E-state index contributed by atoms with van der Waals surface area (Å²) in [6.07, 6.45) is 5.41. The Hall–Kier alpha value is -2.63. The molecular weight excluding hydrogens is 344 g/mol. The molecule has 0 aromatic heterocycles. The number of carbonyl (C=O) groups is 3. The zero-order chi connectivity index (χ0) is 19.8. The van der Waals surface area contributed by atoms with Crippen molar-refractivity contribution in [2.24, 2.45) is 23.7 Å². The number of carboxylic acid groups (broad SMARTS) is 1. The second kappa shape index (κ2) is 7.18. The van der Waals surface area contributed by atoms with Gasteiger partial charge in [0.2, 0.25) is 5.91 Å². The molecule has 1 aromatic carbocycles. The van der Waals surface area contributed by atoms with Crippen LogP contribution in [-0.4, -0.2) is 28.4 Å². The third-order valence-electron chi connectivity index (χ3n) is 5.80. The van der Waals surface area contributed by atoms with Gasteiger partial charge in [0, 0.05) is 16.8 Å². The molecule has 0 unspecified atom stereocenters. The summed E-state index contributed by atoms with van der Waals surface area (Å²) in [4.78, 5) is 36.5. The van der Waals surface area contributed by atoms with E-state index in [0.29, 0.717) is 11.3 Å². The highest BCUT2D eigenvalue weighted by Crippen LogP contribution is 2.48. The molecule has 2 bridgehead atoms. The molecular formula is C21H26N2O4. The molecule has 6 nitrogen and oxygen atoms in total. The lowest BCUT2D eigenvalue weighted by molar-refractivity contribution is -0.146.